The highest BCUT2D eigenvalue weighted by molar-refractivity contribution is 8.00. The van der Waals surface area contributed by atoms with Gasteiger partial charge in [0.15, 0.2) is 0 Å². The van der Waals surface area contributed by atoms with Crippen LogP contribution in [0.1, 0.15) is 5.56 Å². The van der Waals surface area contributed by atoms with Gasteiger partial charge in [0.2, 0.25) is 0 Å². The molecule has 4 heteroatoms. The van der Waals surface area contributed by atoms with Gasteiger partial charge < -0.3 is 9.90 Å². The molecule has 0 aliphatic heterocycles. The number of carbonyl (C=O) groups excluding carboxylic acids is 1. The Bertz CT molecular complexity index is 278. The van der Waals surface area contributed by atoms with Crippen LogP contribution in [0.25, 0.3) is 6.08 Å². The maximum Gasteiger partial charge on any atom is 0.0513 e. The van der Waals surface area contributed by atoms with Crippen LogP contribution < -0.4 is 5.11 Å². The number of carboxylic acid groups (broad SMARTS) is 1. The molecule has 13 heavy (non-hydrogen) atoms. The van der Waals surface area contributed by atoms with E-state index in [0.717, 1.165) is 0 Å². The maximum atomic E-state index is 10.0. The fourth-order valence-electron chi connectivity index (χ4n) is 0.764. The zero-order valence-corrected chi connectivity index (χ0v) is 8.57. The molecule has 0 amide bonds. The maximum absolute atomic E-state index is 10.0. The van der Waals surface area contributed by atoms with Gasteiger partial charge in [-0.25, -0.2) is 0 Å². The lowest BCUT2D eigenvalue weighted by Gasteiger charge is -1.97. The molecule has 0 N–H and O–H groups in total. The minimum absolute atomic E-state index is 0.0635. The molecule has 0 atom stereocenters. The molecule has 1 aromatic heterocycles. The average Bonchev–Trinajstić information content (AvgIpc) is 2.55. The predicted molar refractivity (Wildman–Crippen MR) is 55.7 cm³/mol. The van der Waals surface area contributed by atoms with Crippen molar-refractivity contribution >= 4 is 35.1 Å². The number of hydrogen-bond donors (Lipinski definition) is 0. The summed E-state index contributed by atoms with van der Waals surface area (Å²) in [6, 6.07) is 2.02. The van der Waals surface area contributed by atoms with E-state index in [0.29, 0.717) is 5.75 Å². The standard InChI is InChI=1S/C9H10O2S2/c10-9(11)7-12-4-1-2-8-3-5-13-6-8/h1-3,5-6H,4,7H2,(H,10,11)/p-1/b2-1+. The Morgan fingerprint density at radius 1 is 1.69 bits per heavy atom. The summed E-state index contributed by atoms with van der Waals surface area (Å²) in [4.78, 5) is 10.0. The highest BCUT2D eigenvalue weighted by atomic mass is 32.2. The van der Waals surface area contributed by atoms with Crippen LogP contribution in [0.5, 0.6) is 0 Å². The van der Waals surface area contributed by atoms with Crippen LogP contribution in [0.15, 0.2) is 22.9 Å². The van der Waals surface area contributed by atoms with Crippen molar-refractivity contribution in [3.63, 3.8) is 0 Å². The molecule has 0 unspecified atom stereocenters. The summed E-state index contributed by atoms with van der Waals surface area (Å²) in [6.07, 6.45) is 3.94. The Labute approximate surface area is 85.3 Å². The number of hydrogen-bond acceptors (Lipinski definition) is 4. The third-order valence-electron chi connectivity index (χ3n) is 1.29. The molecule has 2 nitrogen and oxygen atoms in total. The van der Waals surface area contributed by atoms with E-state index in [-0.39, 0.29) is 5.75 Å². The van der Waals surface area contributed by atoms with Crippen LogP contribution in [0.4, 0.5) is 0 Å². The molecule has 0 aliphatic carbocycles. The van der Waals surface area contributed by atoms with E-state index in [4.69, 9.17) is 0 Å². The van der Waals surface area contributed by atoms with E-state index >= 15 is 0 Å². The molecule has 0 saturated heterocycles. The molecule has 1 aromatic rings. The Hall–Kier alpha value is -0.740. The van der Waals surface area contributed by atoms with E-state index in [1.54, 1.807) is 11.3 Å². The van der Waals surface area contributed by atoms with Crippen molar-refractivity contribution in [1.82, 2.24) is 0 Å². The summed E-state index contributed by atoms with van der Waals surface area (Å²) in [7, 11) is 0. The van der Waals surface area contributed by atoms with Crippen molar-refractivity contribution in [2.45, 2.75) is 0 Å². The van der Waals surface area contributed by atoms with Crippen LogP contribution in [-0.2, 0) is 4.79 Å². The number of carboxylic acids is 1. The normalized spacial score (nSPS) is 10.8. The number of rotatable bonds is 5. The van der Waals surface area contributed by atoms with E-state index in [1.165, 1.54) is 17.3 Å². The van der Waals surface area contributed by atoms with E-state index in [2.05, 4.69) is 0 Å². The van der Waals surface area contributed by atoms with E-state index < -0.39 is 5.97 Å². The molecule has 0 spiro atoms. The number of thiophene rings is 1. The molecule has 70 valence electrons. The fraction of sp³-hybridized carbons (Fsp3) is 0.222. The molecule has 0 bridgehead atoms. The van der Waals surface area contributed by atoms with Gasteiger partial charge >= 0.3 is 0 Å². The molecule has 0 radical (unpaired) electrons. The highest BCUT2D eigenvalue weighted by Crippen LogP contribution is 2.08. The van der Waals surface area contributed by atoms with Crippen LogP contribution in [0.2, 0.25) is 0 Å². The van der Waals surface area contributed by atoms with Crippen molar-refractivity contribution in [1.29, 1.82) is 0 Å². The Kier molecular flexibility index (Phi) is 4.64. The third kappa shape index (κ3) is 4.75. The Morgan fingerprint density at radius 3 is 3.15 bits per heavy atom. The second-order valence-electron chi connectivity index (χ2n) is 2.35. The lowest BCUT2D eigenvalue weighted by molar-refractivity contribution is -0.301. The molecule has 0 fully saturated rings. The van der Waals surface area contributed by atoms with Crippen molar-refractivity contribution in [2.75, 3.05) is 11.5 Å². The fourth-order valence-corrected chi connectivity index (χ4v) is 1.91. The monoisotopic (exact) mass is 213 g/mol. The van der Waals surface area contributed by atoms with Gasteiger partial charge in [-0.05, 0) is 22.4 Å². The van der Waals surface area contributed by atoms with Gasteiger partial charge in [0.05, 0.1) is 5.97 Å². The summed E-state index contributed by atoms with van der Waals surface area (Å²) in [5, 5.41) is 14.1. The highest BCUT2D eigenvalue weighted by Gasteiger charge is 1.86. The second-order valence-corrected chi connectivity index (χ2v) is 4.16. The van der Waals surface area contributed by atoms with Crippen LogP contribution in [-0.4, -0.2) is 17.5 Å². The molecule has 0 aromatic carbocycles. The Balaban J connectivity index is 2.16. The summed E-state index contributed by atoms with van der Waals surface area (Å²) >= 11 is 2.98. The van der Waals surface area contributed by atoms with Gasteiger partial charge in [-0.2, -0.15) is 23.1 Å². The van der Waals surface area contributed by atoms with E-state index in [9.17, 15) is 9.90 Å². The minimum atomic E-state index is -1.01. The van der Waals surface area contributed by atoms with Gasteiger partial charge in [0, 0.05) is 11.5 Å². The second kappa shape index (κ2) is 5.83. The largest absolute Gasteiger partial charge is 0.549 e. The van der Waals surface area contributed by atoms with Crippen LogP contribution in [0.3, 0.4) is 0 Å². The molecule has 0 aliphatic rings. The SMILES string of the molecule is O=C([O-])CSC/C=C/c1ccsc1. The van der Waals surface area contributed by atoms with Crippen LogP contribution >= 0.6 is 23.1 Å². The summed E-state index contributed by atoms with van der Waals surface area (Å²) < 4.78 is 0. The third-order valence-corrected chi connectivity index (χ3v) is 2.86. The van der Waals surface area contributed by atoms with Crippen LogP contribution in [0, 0.1) is 0 Å². The first kappa shape index (κ1) is 10.3. The van der Waals surface area contributed by atoms with Gasteiger partial charge in [-0.3, -0.25) is 0 Å². The van der Waals surface area contributed by atoms with Gasteiger partial charge in [-0.15, -0.1) is 0 Å². The predicted octanol–water partition coefficient (Wildman–Crippen LogP) is 1.24. The zero-order chi connectivity index (χ0) is 9.52. The average molecular weight is 213 g/mol. The first-order valence-corrected chi connectivity index (χ1v) is 5.85. The van der Waals surface area contributed by atoms with E-state index in [1.807, 2.05) is 29.0 Å². The topological polar surface area (TPSA) is 40.1 Å². The number of aliphatic carboxylic acids is 1. The molecule has 1 heterocycles. The molecular formula is C9H9O2S2-. The first-order chi connectivity index (χ1) is 6.29. The number of carbonyl (C=O) groups is 1. The molecular weight excluding hydrogens is 204 g/mol. The summed E-state index contributed by atoms with van der Waals surface area (Å²) in [5.74, 6) is -0.230. The first-order valence-electron chi connectivity index (χ1n) is 3.75. The van der Waals surface area contributed by atoms with Gasteiger partial charge in [0.1, 0.15) is 0 Å². The lowest BCUT2D eigenvalue weighted by Crippen LogP contribution is -2.24. The van der Waals surface area contributed by atoms with Gasteiger partial charge in [0.25, 0.3) is 0 Å². The Morgan fingerprint density at radius 2 is 2.54 bits per heavy atom. The minimum Gasteiger partial charge on any atom is -0.549 e. The summed E-state index contributed by atoms with van der Waals surface area (Å²) in [5.41, 5.74) is 1.17. The molecule has 1 rings (SSSR count). The lowest BCUT2D eigenvalue weighted by atomic mass is 10.3. The van der Waals surface area contributed by atoms with Gasteiger partial charge in [-0.1, -0.05) is 12.2 Å². The van der Waals surface area contributed by atoms with Crippen molar-refractivity contribution in [3.05, 3.63) is 28.5 Å². The summed E-state index contributed by atoms with van der Waals surface area (Å²) in [6.45, 7) is 0. The molecule has 0 saturated carbocycles. The van der Waals surface area contributed by atoms with Crippen molar-refractivity contribution < 1.29 is 9.90 Å². The zero-order valence-electron chi connectivity index (χ0n) is 6.93. The number of thioether (sulfide) groups is 1. The van der Waals surface area contributed by atoms with Crippen molar-refractivity contribution in [2.24, 2.45) is 0 Å². The van der Waals surface area contributed by atoms with Crippen molar-refractivity contribution in [3.8, 4) is 0 Å². The quantitative estimate of drug-likeness (QED) is 0.691. The smallest absolute Gasteiger partial charge is 0.0513 e.